The first-order chi connectivity index (χ1) is 14.5. The summed E-state index contributed by atoms with van der Waals surface area (Å²) < 4.78 is 10.8. The van der Waals surface area contributed by atoms with Gasteiger partial charge in [0.2, 0.25) is 0 Å². The van der Waals surface area contributed by atoms with E-state index >= 15 is 0 Å². The van der Waals surface area contributed by atoms with Gasteiger partial charge >= 0.3 is 5.97 Å². The number of ether oxygens (including phenoxy) is 2. The second-order valence-electron chi connectivity index (χ2n) is 7.19. The Kier molecular flexibility index (Phi) is 5.94. The van der Waals surface area contributed by atoms with E-state index in [9.17, 15) is 14.4 Å². The Morgan fingerprint density at radius 1 is 1.20 bits per heavy atom. The Bertz CT molecular complexity index is 980. The van der Waals surface area contributed by atoms with Crippen LogP contribution in [0.3, 0.4) is 0 Å². The first-order valence-corrected chi connectivity index (χ1v) is 10.7. The van der Waals surface area contributed by atoms with Crippen molar-refractivity contribution in [1.29, 1.82) is 0 Å². The summed E-state index contributed by atoms with van der Waals surface area (Å²) in [4.78, 5) is 39.9. The lowest BCUT2D eigenvalue weighted by Gasteiger charge is -2.25. The topological polar surface area (TPSA) is 84.9 Å². The molecule has 2 heterocycles. The number of anilines is 2. The lowest BCUT2D eigenvalue weighted by atomic mass is 10.1. The van der Waals surface area contributed by atoms with E-state index in [2.05, 4.69) is 12.2 Å². The van der Waals surface area contributed by atoms with Crippen molar-refractivity contribution in [3.63, 3.8) is 0 Å². The molecule has 0 spiro atoms. The number of rotatable bonds is 4. The summed E-state index contributed by atoms with van der Waals surface area (Å²) in [5.41, 5.74) is 1.40. The molecule has 2 unspecified atom stereocenters. The second kappa shape index (κ2) is 8.79. The number of hydrogen-bond donors (Lipinski definition) is 1. The Morgan fingerprint density at radius 3 is 2.83 bits per heavy atom. The molecule has 8 heteroatoms. The van der Waals surface area contributed by atoms with Crippen LogP contribution in [0, 0.1) is 0 Å². The number of esters is 1. The molecule has 2 aliphatic rings. The van der Waals surface area contributed by atoms with Gasteiger partial charge in [-0.15, -0.1) is 11.8 Å². The Balaban J connectivity index is 1.35. The molecule has 2 amide bonds. The summed E-state index contributed by atoms with van der Waals surface area (Å²) in [7, 11) is 0. The number of carbonyl (C=O) groups is 3. The first-order valence-electron chi connectivity index (χ1n) is 9.79. The number of nitrogens with one attached hydrogen (secondary N) is 1. The molecule has 2 aromatic carbocycles. The summed E-state index contributed by atoms with van der Waals surface area (Å²) in [6.07, 6.45) is -0.412. The maximum absolute atomic E-state index is 12.8. The van der Waals surface area contributed by atoms with E-state index in [0.29, 0.717) is 23.2 Å². The summed E-state index contributed by atoms with van der Waals surface area (Å²) in [5, 5.41) is 3.09. The molecule has 0 aromatic heterocycles. The van der Waals surface area contributed by atoms with Crippen LogP contribution >= 0.6 is 11.8 Å². The summed E-state index contributed by atoms with van der Waals surface area (Å²) in [6, 6.07) is 14.7. The second-order valence-corrected chi connectivity index (χ2v) is 8.67. The van der Waals surface area contributed by atoms with Gasteiger partial charge in [-0.3, -0.25) is 14.4 Å². The predicted molar refractivity (Wildman–Crippen MR) is 114 cm³/mol. The van der Waals surface area contributed by atoms with Crippen molar-refractivity contribution >= 4 is 40.9 Å². The van der Waals surface area contributed by atoms with Crippen LogP contribution in [0.15, 0.2) is 53.4 Å². The first kappa shape index (κ1) is 20.3. The van der Waals surface area contributed by atoms with Gasteiger partial charge in [0, 0.05) is 16.7 Å². The molecule has 4 rings (SSSR count). The van der Waals surface area contributed by atoms with Gasteiger partial charge in [-0.25, -0.2) is 0 Å². The number of hydrogen-bond acceptors (Lipinski definition) is 6. The Hall–Kier alpha value is -3.00. The van der Waals surface area contributed by atoms with Gasteiger partial charge in [-0.2, -0.15) is 0 Å². The highest BCUT2D eigenvalue weighted by Crippen LogP contribution is 2.37. The van der Waals surface area contributed by atoms with Gasteiger partial charge in [0.1, 0.15) is 5.75 Å². The molecule has 1 N–H and O–H groups in total. The predicted octanol–water partition coefficient (Wildman–Crippen LogP) is 3.24. The average molecular weight is 426 g/mol. The van der Waals surface area contributed by atoms with Crippen molar-refractivity contribution < 1.29 is 23.9 Å². The van der Waals surface area contributed by atoms with Crippen LogP contribution in [-0.2, 0) is 19.1 Å². The van der Waals surface area contributed by atoms with Crippen LogP contribution in [0.5, 0.6) is 5.75 Å². The molecule has 2 aromatic rings. The number of nitrogens with zero attached hydrogens (tertiary/aromatic N) is 1. The molecular weight excluding hydrogens is 404 g/mol. The van der Waals surface area contributed by atoms with E-state index in [4.69, 9.17) is 9.47 Å². The lowest BCUT2D eigenvalue weighted by Crippen LogP contribution is -2.40. The normalized spacial score (nSPS) is 20.2. The molecule has 2 atom stereocenters. The number of amides is 2. The quantitative estimate of drug-likeness (QED) is 0.756. The highest BCUT2D eigenvalue weighted by Gasteiger charge is 2.31. The van der Waals surface area contributed by atoms with E-state index in [1.807, 2.05) is 24.3 Å². The van der Waals surface area contributed by atoms with Crippen molar-refractivity contribution in [2.24, 2.45) is 0 Å². The molecule has 7 nitrogen and oxygen atoms in total. The third kappa shape index (κ3) is 4.43. The smallest absolute Gasteiger partial charge is 0.310 e. The van der Waals surface area contributed by atoms with E-state index in [1.54, 1.807) is 40.9 Å². The molecular formula is C22H22N2O5S. The van der Waals surface area contributed by atoms with Crippen molar-refractivity contribution in [2.45, 2.75) is 36.0 Å². The van der Waals surface area contributed by atoms with Gasteiger partial charge in [0.05, 0.1) is 17.8 Å². The third-order valence-electron chi connectivity index (χ3n) is 4.96. The van der Waals surface area contributed by atoms with Crippen LogP contribution in [0.2, 0.25) is 0 Å². The maximum atomic E-state index is 12.8. The van der Waals surface area contributed by atoms with Crippen LogP contribution in [0.1, 0.15) is 19.8 Å². The summed E-state index contributed by atoms with van der Waals surface area (Å²) in [5.74, 6) is -0.859. The van der Waals surface area contributed by atoms with Gasteiger partial charge < -0.3 is 19.7 Å². The highest BCUT2D eigenvalue weighted by molar-refractivity contribution is 8.00. The molecule has 2 aliphatic heterocycles. The fourth-order valence-electron chi connectivity index (χ4n) is 3.40. The Morgan fingerprint density at radius 2 is 1.97 bits per heavy atom. The maximum Gasteiger partial charge on any atom is 0.310 e. The molecule has 0 saturated carbocycles. The van der Waals surface area contributed by atoms with Crippen molar-refractivity contribution in [1.82, 2.24) is 0 Å². The minimum absolute atomic E-state index is 0.267. The SMILES string of the molecule is CC1CCN(C(=O)COC(=O)CC2Oc3ccccc3NC2=O)c2ccccc2S1. The molecule has 0 fully saturated rings. The third-order valence-corrected chi connectivity index (χ3v) is 6.20. The van der Waals surface area contributed by atoms with E-state index in [-0.39, 0.29) is 18.9 Å². The average Bonchev–Trinajstić information content (AvgIpc) is 2.90. The summed E-state index contributed by atoms with van der Waals surface area (Å²) in [6.45, 7) is 2.31. The zero-order valence-corrected chi connectivity index (χ0v) is 17.3. The molecule has 0 saturated heterocycles. The molecule has 0 aliphatic carbocycles. The van der Waals surface area contributed by atoms with E-state index in [0.717, 1.165) is 17.0 Å². The lowest BCUT2D eigenvalue weighted by molar-refractivity contribution is -0.151. The largest absolute Gasteiger partial charge is 0.478 e. The molecule has 30 heavy (non-hydrogen) atoms. The van der Waals surface area contributed by atoms with Gasteiger partial charge in [-0.1, -0.05) is 31.2 Å². The zero-order valence-electron chi connectivity index (χ0n) is 16.5. The summed E-state index contributed by atoms with van der Waals surface area (Å²) >= 11 is 1.73. The van der Waals surface area contributed by atoms with Crippen LogP contribution in [0.25, 0.3) is 0 Å². The van der Waals surface area contributed by atoms with Gasteiger partial charge in [-0.05, 0) is 30.7 Å². The molecule has 156 valence electrons. The minimum atomic E-state index is -0.987. The van der Waals surface area contributed by atoms with Crippen molar-refractivity contribution in [3.8, 4) is 5.75 Å². The van der Waals surface area contributed by atoms with Gasteiger partial charge in [0.25, 0.3) is 11.8 Å². The fraction of sp³-hybridized carbons (Fsp3) is 0.318. The number of para-hydroxylation sites is 3. The van der Waals surface area contributed by atoms with Crippen molar-refractivity contribution in [2.75, 3.05) is 23.4 Å². The standard InChI is InChI=1S/C22H22N2O5S/c1-14-10-11-24(16-7-3-5-9-19(16)30-14)20(25)13-28-21(26)12-18-22(27)23-15-6-2-4-8-17(15)29-18/h2-9,14,18H,10-13H2,1H3,(H,23,27). The number of benzene rings is 2. The highest BCUT2D eigenvalue weighted by atomic mass is 32.2. The number of thioether (sulfide) groups is 1. The molecule has 0 radical (unpaired) electrons. The van der Waals surface area contributed by atoms with Crippen LogP contribution in [0.4, 0.5) is 11.4 Å². The fourth-order valence-corrected chi connectivity index (χ4v) is 4.52. The number of fused-ring (bicyclic) bond motifs is 2. The molecule has 0 bridgehead atoms. The van der Waals surface area contributed by atoms with Crippen molar-refractivity contribution in [3.05, 3.63) is 48.5 Å². The number of carbonyl (C=O) groups excluding carboxylic acids is 3. The minimum Gasteiger partial charge on any atom is -0.478 e. The monoisotopic (exact) mass is 426 g/mol. The van der Waals surface area contributed by atoms with E-state index < -0.39 is 18.0 Å². The van der Waals surface area contributed by atoms with Gasteiger partial charge in [0.15, 0.2) is 12.7 Å². The van der Waals surface area contributed by atoms with Crippen LogP contribution in [-0.4, -0.2) is 42.3 Å². The zero-order chi connectivity index (χ0) is 21.1. The van der Waals surface area contributed by atoms with Crippen LogP contribution < -0.4 is 15.0 Å². The van der Waals surface area contributed by atoms with E-state index in [1.165, 1.54) is 0 Å². The Labute approximate surface area is 178 Å².